The summed E-state index contributed by atoms with van der Waals surface area (Å²) in [6.07, 6.45) is 0.833. The number of fused-ring (bicyclic) bond motifs is 1. The maximum atomic E-state index is 5.96. The van der Waals surface area contributed by atoms with Crippen LogP contribution in [0.2, 0.25) is 0 Å². The topological polar surface area (TPSA) is 91.2 Å². The summed E-state index contributed by atoms with van der Waals surface area (Å²) in [4.78, 5) is 0. The third-order valence-electron chi connectivity index (χ3n) is 2.40. The highest BCUT2D eigenvalue weighted by Gasteiger charge is 2.16. The van der Waals surface area contributed by atoms with Gasteiger partial charge in [0.1, 0.15) is 6.61 Å². The molecule has 0 saturated carbocycles. The molecule has 7 nitrogen and oxygen atoms in total. The first-order valence-corrected chi connectivity index (χ1v) is 5.08. The summed E-state index contributed by atoms with van der Waals surface area (Å²) in [6, 6.07) is 3.46. The minimum Gasteiger partial charge on any atom is -0.475 e. The van der Waals surface area contributed by atoms with Crippen LogP contribution < -0.4 is 10.5 Å². The Bertz CT molecular complexity index is 480. The molecule has 2 rings (SSSR count). The van der Waals surface area contributed by atoms with E-state index in [1.807, 2.05) is 13.8 Å². The zero-order chi connectivity index (χ0) is 11.6. The van der Waals surface area contributed by atoms with Crippen LogP contribution in [0.5, 0.6) is 5.88 Å². The molecule has 2 aromatic heterocycles. The van der Waals surface area contributed by atoms with E-state index in [-0.39, 0.29) is 5.54 Å². The van der Waals surface area contributed by atoms with Crippen molar-refractivity contribution in [1.29, 1.82) is 0 Å². The normalized spacial score (nSPS) is 14.9. The molecule has 0 aliphatic heterocycles. The number of hydrogen-bond donors (Lipinski definition) is 1. The summed E-state index contributed by atoms with van der Waals surface area (Å²) >= 11 is 0. The highest BCUT2D eigenvalue weighted by Crippen LogP contribution is 2.10. The van der Waals surface area contributed by atoms with Crippen molar-refractivity contribution in [3.8, 4) is 5.88 Å². The van der Waals surface area contributed by atoms with Crippen LogP contribution in [0.1, 0.15) is 20.3 Å². The van der Waals surface area contributed by atoms with Crippen LogP contribution in [0.4, 0.5) is 0 Å². The van der Waals surface area contributed by atoms with Crippen molar-refractivity contribution in [3.63, 3.8) is 0 Å². The lowest BCUT2D eigenvalue weighted by molar-refractivity contribution is 0.215. The van der Waals surface area contributed by atoms with Gasteiger partial charge in [-0.1, -0.05) is 6.92 Å². The van der Waals surface area contributed by atoms with Gasteiger partial charge in [0.25, 0.3) is 0 Å². The van der Waals surface area contributed by atoms with Crippen LogP contribution in [0.25, 0.3) is 5.65 Å². The van der Waals surface area contributed by atoms with E-state index in [0.29, 0.717) is 18.1 Å². The van der Waals surface area contributed by atoms with E-state index in [1.165, 1.54) is 4.63 Å². The maximum Gasteiger partial charge on any atom is 0.233 e. The van der Waals surface area contributed by atoms with Gasteiger partial charge >= 0.3 is 0 Å². The Hall–Kier alpha value is -1.76. The molecule has 0 saturated heterocycles. The number of tetrazole rings is 1. The fraction of sp³-hybridized carbons (Fsp3) is 0.556. The van der Waals surface area contributed by atoms with Crippen LogP contribution in [0.3, 0.4) is 0 Å². The molecule has 7 heteroatoms. The Balaban J connectivity index is 2.09. The molecule has 0 fully saturated rings. The summed E-state index contributed by atoms with van der Waals surface area (Å²) in [5.41, 5.74) is 6.19. The van der Waals surface area contributed by atoms with E-state index in [2.05, 4.69) is 20.6 Å². The molecule has 1 atom stereocenters. The van der Waals surface area contributed by atoms with Gasteiger partial charge in [-0.15, -0.1) is 14.8 Å². The number of rotatable bonds is 4. The zero-order valence-electron chi connectivity index (χ0n) is 9.29. The van der Waals surface area contributed by atoms with Gasteiger partial charge < -0.3 is 10.5 Å². The molecule has 2 aromatic rings. The van der Waals surface area contributed by atoms with Gasteiger partial charge in [-0.25, -0.2) is 0 Å². The minimum atomic E-state index is -0.350. The van der Waals surface area contributed by atoms with Gasteiger partial charge in [-0.05, 0) is 29.8 Å². The monoisotopic (exact) mass is 222 g/mol. The van der Waals surface area contributed by atoms with Crippen molar-refractivity contribution in [3.05, 3.63) is 12.1 Å². The summed E-state index contributed by atoms with van der Waals surface area (Å²) in [5.74, 6) is 0.463. The van der Waals surface area contributed by atoms with E-state index in [1.54, 1.807) is 12.1 Å². The molecule has 0 aliphatic rings. The largest absolute Gasteiger partial charge is 0.475 e. The van der Waals surface area contributed by atoms with Gasteiger partial charge in [0.05, 0.1) is 0 Å². The molecule has 16 heavy (non-hydrogen) atoms. The number of nitrogens with two attached hydrogens (primary N) is 1. The van der Waals surface area contributed by atoms with Crippen molar-refractivity contribution in [2.24, 2.45) is 5.73 Å². The van der Waals surface area contributed by atoms with E-state index in [0.717, 1.165) is 6.42 Å². The number of aromatic nitrogens is 5. The van der Waals surface area contributed by atoms with E-state index < -0.39 is 0 Å². The van der Waals surface area contributed by atoms with E-state index in [9.17, 15) is 0 Å². The van der Waals surface area contributed by atoms with Crippen molar-refractivity contribution in [2.45, 2.75) is 25.8 Å². The van der Waals surface area contributed by atoms with Gasteiger partial charge in [0.15, 0.2) is 5.65 Å². The Morgan fingerprint density at radius 1 is 1.50 bits per heavy atom. The standard InChI is InChI=1S/C9H14N6O/c1-3-9(2,10)6-16-8-5-4-7-11-13-14-15(7)12-8/h4-5H,3,6,10H2,1-2H3. The molecule has 0 radical (unpaired) electrons. The Kier molecular flexibility index (Phi) is 2.69. The van der Waals surface area contributed by atoms with Gasteiger partial charge in [0.2, 0.25) is 5.88 Å². The molecule has 86 valence electrons. The summed E-state index contributed by atoms with van der Waals surface area (Å²) in [5, 5.41) is 15.0. The second kappa shape index (κ2) is 4.01. The summed E-state index contributed by atoms with van der Waals surface area (Å²) in [6.45, 7) is 4.36. The molecule has 0 spiro atoms. The molecule has 2 heterocycles. The first-order valence-electron chi connectivity index (χ1n) is 5.08. The van der Waals surface area contributed by atoms with Crippen molar-refractivity contribution < 1.29 is 4.74 Å². The molecule has 0 aromatic carbocycles. The lowest BCUT2D eigenvalue weighted by Gasteiger charge is -2.22. The van der Waals surface area contributed by atoms with Crippen LogP contribution in [0.15, 0.2) is 12.1 Å². The molecule has 2 N–H and O–H groups in total. The van der Waals surface area contributed by atoms with E-state index in [4.69, 9.17) is 10.5 Å². The summed E-state index contributed by atoms with van der Waals surface area (Å²) in [7, 11) is 0. The third-order valence-corrected chi connectivity index (χ3v) is 2.40. The zero-order valence-corrected chi connectivity index (χ0v) is 9.29. The minimum absolute atomic E-state index is 0.350. The first-order chi connectivity index (χ1) is 7.61. The highest BCUT2D eigenvalue weighted by molar-refractivity contribution is 5.34. The predicted octanol–water partition coefficient (Wildman–Crippen LogP) is 0.0255. The molecular weight excluding hydrogens is 208 g/mol. The number of ether oxygens (including phenoxy) is 1. The molecule has 0 aliphatic carbocycles. The van der Waals surface area contributed by atoms with Gasteiger partial charge in [-0.2, -0.15) is 0 Å². The average molecular weight is 222 g/mol. The fourth-order valence-corrected chi connectivity index (χ4v) is 1.05. The quantitative estimate of drug-likeness (QED) is 0.784. The van der Waals surface area contributed by atoms with Crippen LogP contribution in [0, 0.1) is 0 Å². The van der Waals surface area contributed by atoms with Crippen LogP contribution in [-0.4, -0.2) is 37.4 Å². The SMILES string of the molecule is CCC(C)(N)COc1ccc2nnnn2n1. The van der Waals surface area contributed by atoms with E-state index >= 15 is 0 Å². The number of hydrogen-bond acceptors (Lipinski definition) is 6. The molecule has 1 unspecified atom stereocenters. The molecule has 0 bridgehead atoms. The second-order valence-electron chi connectivity index (χ2n) is 3.99. The third kappa shape index (κ3) is 2.25. The lowest BCUT2D eigenvalue weighted by atomic mass is 10.0. The number of nitrogens with zero attached hydrogens (tertiary/aromatic N) is 5. The van der Waals surface area contributed by atoms with Gasteiger partial charge in [-0.3, -0.25) is 0 Å². The average Bonchev–Trinajstić information content (AvgIpc) is 2.73. The van der Waals surface area contributed by atoms with Crippen molar-refractivity contribution >= 4 is 5.65 Å². The first kappa shape index (κ1) is 10.7. The Morgan fingerprint density at radius 3 is 3.06 bits per heavy atom. The molecule has 0 amide bonds. The highest BCUT2D eigenvalue weighted by atomic mass is 16.5. The second-order valence-corrected chi connectivity index (χ2v) is 3.99. The molecular formula is C9H14N6O. The van der Waals surface area contributed by atoms with Crippen LogP contribution >= 0.6 is 0 Å². The predicted molar refractivity (Wildman–Crippen MR) is 57.0 cm³/mol. The van der Waals surface area contributed by atoms with Crippen molar-refractivity contribution in [2.75, 3.05) is 6.61 Å². The Morgan fingerprint density at radius 2 is 2.31 bits per heavy atom. The maximum absolute atomic E-state index is 5.96. The van der Waals surface area contributed by atoms with Gasteiger partial charge in [0, 0.05) is 11.6 Å². The smallest absolute Gasteiger partial charge is 0.233 e. The summed E-state index contributed by atoms with van der Waals surface area (Å²) < 4.78 is 6.80. The van der Waals surface area contributed by atoms with Crippen molar-refractivity contribution in [1.82, 2.24) is 25.3 Å². The van der Waals surface area contributed by atoms with Crippen LogP contribution in [-0.2, 0) is 0 Å². The fourth-order valence-electron chi connectivity index (χ4n) is 1.05. The Labute approximate surface area is 92.6 Å². The lowest BCUT2D eigenvalue weighted by Crippen LogP contribution is -2.41.